The molecule has 7 heteroatoms. The number of rotatable bonds is 4. The smallest absolute Gasteiger partial charge is 0.225 e. The summed E-state index contributed by atoms with van der Waals surface area (Å²) in [6.07, 6.45) is 1.78. The van der Waals surface area contributed by atoms with Gasteiger partial charge >= 0.3 is 0 Å². The standard InChI is InChI=1S/C18H22N4O2S/c1-14-7-8-19-18(20-14)21-9-16-11-22(12-17(16)10-21)25(23,24)13-15-5-3-2-4-6-15/h2-8,16-17H,9-13H2,1H3. The number of sulfonamides is 1. The van der Waals surface area contributed by atoms with E-state index in [4.69, 9.17) is 0 Å². The zero-order chi connectivity index (χ0) is 17.4. The maximum Gasteiger partial charge on any atom is 0.225 e. The van der Waals surface area contributed by atoms with Crippen LogP contribution in [0.5, 0.6) is 0 Å². The van der Waals surface area contributed by atoms with Gasteiger partial charge in [-0.2, -0.15) is 0 Å². The minimum atomic E-state index is -3.26. The van der Waals surface area contributed by atoms with Crippen LogP contribution in [0.3, 0.4) is 0 Å². The molecule has 0 spiro atoms. The molecule has 25 heavy (non-hydrogen) atoms. The van der Waals surface area contributed by atoms with Gasteiger partial charge in [-0.05, 0) is 30.4 Å². The van der Waals surface area contributed by atoms with E-state index in [2.05, 4.69) is 14.9 Å². The lowest BCUT2D eigenvalue weighted by molar-refractivity contribution is 0.452. The molecule has 0 N–H and O–H groups in total. The summed E-state index contributed by atoms with van der Waals surface area (Å²) in [7, 11) is -3.26. The fraction of sp³-hybridized carbons (Fsp3) is 0.444. The Labute approximate surface area is 148 Å². The molecule has 0 aliphatic carbocycles. The molecule has 1 aromatic carbocycles. The predicted molar refractivity (Wildman–Crippen MR) is 96.6 cm³/mol. The van der Waals surface area contributed by atoms with Crippen molar-refractivity contribution in [3.63, 3.8) is 0 Å². The normalized spacial score (nSPS) is 23.8. The third-order valence-corrected chi connectivity index (χ3v) is 6.89. The highest BCUT2D eigenvalue weighted by atomic mass is 32.2. The molecule has 2 aliphatic rings. The monoisotopic (exact) mass is 358 g/mol. The molecular formula is C18H22N4O2S. The number of nitrogens with zero attached hydrogens (tertiary/aromatic N) is 4. The number of hydrogen-bond donors (Lipinski definition) is 0. The van der Waals surface area contributed by atoms with Crippen LogP contribution in [-0.2, 0) is 15.8 Å². The maximum absolute atomic E-state index is 12.7. The van der Waals surface area contributed by atoms with Crippen molar-refractivity contribution in [2.45, 2.75) is 12.7 Å². The van der Waals surface area contributed by atoms with Gasteiger partial charge in [0.15, 0.2) is 0 Å². The van der Waals surface area contributed by atoms with Crippen LogP contribution in [-0.4, -0.2) is 48.9 Å². The first-order valence-electron chi connectivity index (χ1n) is 8.57. The second-order valence-corrected chi connectivity index (χ2v) is 8.95. The van der Waals surface area contributed by atoms with Gasteiger partial charge in [0, 0.05) is 38.1 Å². The molecule has 2 aliphatic heterocycles. The van der Waals surface area contributed by atoms with Crippen LogP contribution in [0.4, 0.5) is 5.95 Å². The SMILES string of the molecule is Cc1ccnc(N2CC3CN(S(=O)(=O)Cc4ccccc4)CC3C2)n1. The van der Waals surface area contributed by atoms with Gasteiger partial charge in [0.05, 0.1) is 5.75 Å². The quantitative estimate of drug-likeness (QED) is 0.832. The summed E-state index contributed by atoms with van der Waals surface area (Å²) in [6.45, 7) is 4.81. The zero-order valence-electron chi connectivity index (χ0n) is 14.2. The summed E-state index contributed by atoms with van der Waals surface area (Å²) in [5.41, 5.74) is 1.79. The summed E-state index contributed by atoms with van der Waals surface area (Å²) in [5, 5.41) is 0. The first-order chi connectivity index (χ1) is 12.0. The molecule has 0 amide bonds. The molecular weight excluding hydrogens is 336 g/mol. The van der Waals surface area contributed by atoms with E-state index in [1.807, 2.05) is 43.3 Å². The summed E-state index contributed by atoms with van der Waals surface area (Å²) < 4.78 is 27.1. The Hall–Kier alpha value is -1.99. The fourth-order valence-corrected chi connectivity index (χ4v) is 5.44. The lowest BCUT2D eigenvalue weighted by Crippen LogP contribution is -2.34. The van der Waals surface area contributed by atoms with Crippen LogP contribution in [0.15, 0.2) is 42.6 Å². The first-order valence-corrected chi connectivity index (χ1v) is 10.2. The highest BCUT2D eigenvalue weighted by Crippen LogP contribution is 2.34. The second kappa shape index (κ2) is 6.38. The van der Waals surface area contributed by atoms with Crippen molar-refractivity contribution in [2.75, 3.05) is 31.1 Å². The Kier molecular flexibility index (Phi) is 4.21. The largest absolute Gasteiger partial charge is 0.340 e. The van der Waals surface area contributed by atoms with Crippen molar-refractivity contribution in [1.82, 2.24) is 14.3 Å². The molecule has 0 radical (unpaired) electrons. The number of aryl methyl sites for hydroxylation is 1. The molecule has 0 saturated carbocycles. The van der Waals surface area contributed by atoms with Crippen LogP contribution in [0.2, 0.25) is 0 Å². The molecule has 4 rings (SSSR count). The lowest BCUT2D eigenvalue weighted by atomic mass is 10.0. The average molecular weight is 358 g/mol. The van der Waals surface area contributed by atoms with E-state index < -0.39 is 10.0 Å². The van der Waals surface area contributed by atoms with Crippen molar-refractivity contribution in [2.24, 2.45) is 11.8 Å². The van der Waals surface area contributed by atoms with E-state index in [9.17, 15) is 8.42 Å². The van der Waals surface area contributed by atoms with Gasteiger partial charge < -0.3 is 4.90 Å². The molecule has 132 valence electrons. The minimum absolute atomic E-state index is 0.0813. The van der Waals surface area contributed by atoms with Crippen molar-refractivity contribution in [3.8, 4) is 0 Å². The molecule has 3 heterocycles. The maximum atomic E-state index is 12.7. The predicted octanol–water partition coefficient (Wildman–Crippen LogP) is 1.68. The lowest BCUT2D eigenvalue weighted by Gasteiger charge is -2.21. The van der Waals surface area contributed by atoms with E-state index in [-0.39, 0.29) is 5.75 Å². The van der Waals surface area contributed by atoms with E-state index in [0.29, 0.717) is 24.9 Å². The summed E-state index contributed by atoms with van der Waals surface area (Å²) in [6, 6.07) is 11.3. The topological polar surface area (TPSA) is 66.4 Å². The van der Waals surface area contributed by atoms with E-state index >= 15 is 0 Å². The summed E-state index contributed by atoms with van der Waals surface area (Å²) >= 11 is 0. The molecule has 2 unspecified atom stereocenters. The van der Waals surface area contributed by atoms with Crippen LogP contribution >= 0.6 is 0 Å². The Morgan fingerprint density at radius 3 is 2.36 bits per heavy atom. The van der Waals surface area contributed by atoms with Crippen molar-refractivity contribution in [1.29, 1.82) is 0 Å². The third-order valence-electron chi connectivity index (χ3n) is 5.10. The average Bonchev–Trinajstić information content (AvgIpc) is 3.15. The van der Waals surface area contributed by atoms with Gasteiger partial charge in [-0.3, -0.25) is 0 Å². The highest BCUT2D eigenvalue weighted by molar-refractivity contribution is 7.88. The summed E-state index contributed by atoms with van der Waals surface area (Å²) in [5.74, 6) is 1.55. The number of anilines is 1. The van der Waals surface area contributed by atoms with Crippen molar-refractivity contribution in [3.05, 3.63) is 53.9 Å². The third kappa shape index (κ3) is 3.39. The molecule has 0 bridgehead atoms. The fourth-order valence-electron chi connectivity index (χ4n) is 3.80. The molecule has 1 aromatic heterocycles. The Balaban J connectivity index is 1.42. The molecule has 2 atom stereocenters. The Morgan fingerprint density at radius 2 is 1.72 bits per heavy atom. The van der Waals surface area contributed by atoms with Gasteiger partial charge in [-0.1, -0.05) is 30.3 Å². The van der Waals surface area contributed by atoms with Gasteiger partial charge in [-0.15, -0.1) is 0 Å². The van der Waals surface area contributed by atoms with Gasteiger partial charge in [0.1, 0.15) is 0 Å². The Bertz CT molecular complexity index is 842. The Morgan fingerprint density at radius 1 is 1.04 bits per heavy atom. The van der Waals surface area contributed by atoms with Crippen LogP contribution in [0.1, 0.15) is 11.3 Å². The number of fused-ring (bicyclic) bond motifs is 1. The highest BCUT2D eigenvalue weighted by Gasteiger charge is 2.44. The van der Waals surface area contributed by atoms with Crippen LogP contribution < -0.4 is 4.90 Å². The van der Waals surface area contributed by atoms with Gasteiger partial charge in [0.2, 0.25) is 16.0 Å². The summed E-state index contributed by atoms with van der Waals surface area (Å²) in [4.78, 5) is 11.0. The molecule has 6 nitrogen and oxygen atoms in total. The molecule has 2 fully saturated rings. The van der Waals surface area contributed by atoms with E-state index in [1.54, 1.807) is 10.5 Å². The molecule has 2 aromatic rings. The number of benzene rings is 1. The van der Waals surface area contributed by atoms with Gasteiger partial charge in [-0.25, -0.2) is 22.7 Å². The number of hydrogen-bond acceptors (Lipinski definition) is 5. The first kappa shape index (κ1) is 16.5. The van der Waals surface area contributed by atoms with Crippen molar-refractivity contribution >= 4 is 16.0 Å². The second-order valence-electron chi connectivity index (χ2n) is 6.98. The number of aromatic nitrogens is 2. The van der Waals surface area contributed by atoms with E-state index in [1.165, 1.54) is 0 Å². The van der Waals surface area contributed by atoms with E-state index in [0.717, 1.165) is 30.3 Å². The van der Waals surface area contributed by atoms with Crippen LogP contribution in [0.25, 0.3) is 0 Å². The minimum Gasteiger partial charge on any atom is -0.340 e. The van der Waals surface area contributed by atoms with Crippen molar-refractivity contribution < 1.29 is 8.42 Å². The van der Waals surface area contributed by atoms with Gasteiger partial charge in [0.25, 0.3) is 0 Å². The van der Waals surface area contributed by atoms with Crippen LogP contribution in [0, 0.1) is 18.8 Å². The zero-order valence-corrected chi connectivity index (χ0v) is 15.1. The molecule has 2 saturated heterocycles.